The molecule has 0 saturated heterocycles. The summed E-state index contributed by atoms with van der Waals surface area (Å²) in [6.07, 6.45) is 4.61. The maximum absolute atomic E-state index is 2.44. The molecular formula is C68H46S. The van der Waals surface area contributed by atoms with Gasteiger partial charge in [0, 0.05) is 15.3 Å². The molecule has 0 amide bonds. The van der Waals surface area contributed by atoms with Crippen LogP contribution in [0.5, 0.6) is 0 Å². The number of hydrogen-bond acceptors (Lipinski definition) is 1. The van der Waals surface area contributed by atoms with Crippen molar-refractivity contribution in [3.05, 3.63) is 253 Å². The van der Waals surface area contributed by atoms with Crippen LogP contribution in [0, 0.1) is 0 Å². The fraction of sp³-hybridized carbons (Fsp3) is 0.0294. The normalized spacial score (nSPS) is 12.4. The zero-order valence-corrected chi connectivity index (χ0v) is 39.3. The smallest absolute Gasteiger partial charge is 0.0361 e. The van der Waals surface area contributed by atoms with Gasteiger partial charge in [0.2, 0.25) is 0 Å². The Hall–Kier alpha value is -8.36. The van der Waals surface area contributed by atoms with E-state index in [9.17, 15) is 0 Å². The van der Waals surface area contributed by atoms with Crippen LogP contribution in [0.2, 0.25) is 0 Å². The Morgan fingerprint density at radius 3 is 1.35 bits per heavy atom. The van der Waals surface area contributed by atoms with Crippen molar-refractivity contribution in [2.24, 2.45) is 0 Å². The molecule has 0 aliphatic rings. The van der Waals surface area contributed by atoms with Crippen molar-refractivity contribution < 1.29 is 0 Å². The van der Waals surface area contributed by atoms with Gasteiger partial charge in [0.1, 0.15) is 0 Å². The molecule has 0 spiro atoms. The van der Waals surface area contributed by atoms with Crippen LogP contribution in [0.15, 0.2) is 243 Å². The molecule has 1 aromatic heterocycles. The van der Waals surface area contributed by atoms with Gasteiger partial charge in [0.25, 0.3) is 0 Å². The highest BCUT2D eigenvalue weighted by atomic mass is 32.1. The number of allylic oxidation sites excluding steroid dienone is 4. The summed E-state index contributed by atoms with van der Waals surface area (Å²) in [6, 6.07) is 85.4. The fourth-order valence-electron chi connectivity index (χ4n) is 11.0. The first-order chi connectivity index (χ1) is 34.1. The minimum absolute atomic E-state index is 1.21. The van der Waals surface area contributed by atoms with Gasteiger partial charge in [-0.15, -0.1) is 11.3 Å². The van der Waals surface area contributed by atoms with E-state index in [0.29, 0.717) is 0 Å². The molecule has 0 bridgehead atoms. The summed E-state index contributed by atoms with van der Waals surface area (Å²) < 4.78 is 0. The predicted molar refractivity (Wildman–Crippen MR) is 302 cm³/mol. The standard InChI is InChI=1S/C68H46S/c1-43(30-31-44(2)63-38-39-64(69-63)68-59-27-13-11-25-57(59)67(58-26-12-14-28-60(58)68)54-29-15-21-47-18-7-8-22-53(47)54)48-36-37-61-62(42-48)66(52-35-33-46-17-4-6-20-50(46)41-52)56-24-10-9-23-55(56)65(61)51-34-32-45-16-3-5-19-49(45)40-51/h3-42H,1-2H3/b43-30+,44-31+. The van der Waals surface area contributed by atoms with Crippen LogP contribution in [0.3, 0.4) is 0 Å². The van der Waals surface area contributed by atoms with Gasteiger partial charge in [-0.2, -0.15) is 0 Å². The van der Waals surface area contributed by atoms with Crippen LogP contribution in [-0.4, -0.2) is 0 Å². The van der Waals surface area contributed by atoms with Crippen molar-refractivity contribution in [2.75, 3.05) is 0 Å². The van der Waals surface area contributed by atoms with Gasteiger partial charge in [-0.1, -0.05) is 212 Å². The fourth-order valence-corrected chi connectivity index (χ4v) is 12.0. The van der Waals surface area contributed by atoms with E-state index >= 15 is 0 Å². The van der Waals surface area contributed by atoms with Gasteiger partial charge in [-0.05, 0) is 170 Å². The SMILES string of the molecule is C/C(=C\C=C(/C)c1ccc(-c2c3ccccc3c(-c3cccc4ccccc34)c3ccccc23)s1)c1ccc2c(-c3ccc4ccccc4c3)c3ccccc3c(-c3ccc4ccccc4c3)c2c1. The second-order valence-corrected chi connectivity index (χ2v) is 19.5. The lowest BCUT2D eigenvalue weighted by Gasteiger charge is -2.19. The van der Waals surface area contributed by atoms with E-state index < -0.39 is 0 Å². The van der Waals surface area contributed by atoms with Crippen LogP contribution in [0.25, 0.3) is 130 Å². The summed E-state index contributed by atoms with van der Waals surface area (Å²) in [6.45, 7) is 4.50. The minimum atomic E-state index is 1.21. The molecule has 13 rings (SSSR count). The van der Waals surface area contributed by atoms with Crippen LogP contribution in [0.1, 0.15) is 24.3 Å². The quantitative estimate of drug-likeness (QED) is 0.110. The first-order valence-electron chi connectivity index (χ1n) is 23.9. The molecule has 0 saturated carbocycles. The Labute approximate surface area is 406 Å². The average Bonchev–Trinajstić information content (AvgIpc) is 3.90. The van der Waals surface area contributed by atoms with E-state index in [1.807, 2.05) is 11.3 Å². The van der Waals surface area contributed by atoms with E-state index in [1.165, 1.54) is 141 Å². The molecular weight excluding hydrogens is 849 g/mol. The summed E-state index contributed by atoms with van der Waals surface area (Å²) in [5.74, 6) is 0. The monoisotopic (exact) mass is 894 g/mol. The molecule has 0 fully saturated rings. The zero-order valence-electron chi connectivity index (χ0n) is 38.5. The summed E-state index contributed by atoms with van der Waals surface area (Å²) in [5, 5.41) is 17.7. The van der Waals surface area contributed by atoms with Crippen molar-refractivity contribution in [1.29, 1.82) is 0 Å². The van der Waals surface area contributed by atoms with Gasteiger partial charge in [0.05, 0.1) is 0 Å². The van der Waals surface area contributed by atoms with Crippen LogP contribution in [0.4, 0.5) is 0 Å². The van der Waals surface area contributed by atoms with Gasteiger partial charge in [-0.3, -0.25) is 0 Å². The van der Waals surface area contributed by atoms with Crippen molar-refractivity contribution in [1.82, 2.24) is 0 Å². The maximum atomic E-state index is 2.44. The number of benzene rings is 12. The number of rotatable bonds is 7. The van der Waals surface area contributed by atoms with Crippen molar-refractivity contribution >= 4 is 97.9 Å². The summed E-state index contributed by atoms with van der Waals surface area (Å²) in [4.78, 5) is 2.55. The maximum Gasteiger partial charge on any atom is 0.0361 e. The lowest BCUT2D eigenvalue weighted by atomic mass is 9.84. The number of thiophene rings is 1. The molecule has 0 atom stereocenters. The topological polar surface area (TPSA) is 0 Å². The predicted octanol–water partition coefficient (Wildman–Crippen LogP) is 20.0. The number of fused-ring (bicyclic) bond motifs is 7. The molecule has 69 heavy (non-hydrogen) atoms. The summed E-state index contributed by atoms with van der Waals surface area (Å²) >= 11 is 1.88. The Bertz CT molecular complexity index is 4210. The van der Waals surface area contributed by atoms with Gasteiger partial charge in [0.15, 0.2) is 0 Å². The first-order valence-corrected chi connectivity index (χ1v) is 24.7. The summed E-state index contributed by atoms with van der Waals surface area (Å²) in [5.41, 5.74) is 12.6. The Morgan fingerprint density at radius 1 is 0.304 bits per heavy atom. The molecule has 0 aliphatic carbocycles. The molecule has 13 aromatic rings. The first kappa shape index (κ1) is 40.9. The molecule has 0 N–H and O–H groups in total. The molecule has 0 nitrogen and oxygen atoms in total. The average molecular weight is 895 g/mol. The Balaban J connectivity index is 0.927. The van der Waals surface area contributed by atoms with Crippen LogP contribution in [-0.2, 0) is 0 Å². The van der Waals surface area contributed by atoms with E-state index in [4.69, 9.17) is 0 Å². The van der Waals surface area contributed by atoms with E-state index in [-0.39, 0.29) is 0 Å². The highest BCUT2D eigenvalue weighted by Crippen LogP contribution is 2.48. The van der Waals surface area contributed by atoms with E-state index in [2.05, 4.69) is 257 Å². The second kappa shape index (κ2) is 16.8. The third-order valence-electron chi connectivity index (χ3n) is 14.4. The number of hydrogen-bond donors (Lipinski definition) is 0. The van der Waals surface area contributed by atoms with Crippen LogP contribution < -0.4 is 0 Å². The highest BCUT2D eigenvalue weighted by molar-refractivity contribution is 7.16. The molecule has 12 aromatic carbocycles. The van der Waals surface area contributed by atoms with Gasteiger partial charge >= 0.3 is 0 Å². The minimum Gasteiger partial charge on any atom is -0.136 e. The lowest BCUT2D eigenvalue weighted by molar-refractivity contribution is 1.59. The molecule has 0 radical (unpaired) electrons. The van der Waals surface area contributed by atoms with E-state index in [0.717, 1.165) is 0 Å². The Morgan fingerprint density at radius 2 is 0.754 bits per heavy atom. The van der Waals surface area contributed by atoms with Gasteiger partial charge in [-0.25, -0.2) is 0 Å². The van der Waals surface area contributed by atoms with Crippen LogP contribution >= 0.6 is 11.3 Å². The lowest BCUT2D eigenvalue weighted by Crippen LogP contribution is -1.92. The van der Waals surface area contributed by atoms with E-state index in [1.54, 1.807) is 0 Å². The molecule has 0 unspecified atom stereocenters. The highest BCUT2D eigenvalue weighted by Gasteiger charge is 2.21. The third kappa shape index (κ3) is 6.97. The van der Waals surface area contributed by atoms with Crippen molar-refractivity contribution in [2.45, 2.75) is 13.8 Å². The molecule has 1 heteroatoms. The molecule has 324 valence electrons. The van der Waals surface area contributed by atoms with Crippen molar-refractivity contribution in [3.8, 4) is 43.8 Å². The van der Waals surface area contributed by atoms with Gasteiger partial charge < -0.3 is 0 Å². The molecule has 1 heterocycles. The third-order valence-corrected chi connectivity index (χ3v) is 15.6. The Kier molecular flexibility index (Phi) is 9.93. The molecule has 0 aliphatic heterocycles. The largest absolute Gasteiger partial charge is 0.136 e. The second-order valence-electron chi connectivity index (χ2n) is 18.4. The zero-order chi connectivity index (χ0) is 46.0. The summed E-state index contributed by atoms with van der Waals surface area (Å²) in [7, 11) is 0. The van der Waals surface area contributed by atoms with Crippen molar-refractivity contribution in [3.63, 3.8) is 0 Å².